The molecule has 0 unspecified atom stereocenters. The predicted molar refractivity (Wildman–Crippen MR) is 197 cm³/mol. The Morgan fingerprint density at radius 1 is 0.417 bits per heavy atom. The molecule has 0 amide bonds. The largest absolute Gasteiger partial charge is 0.456 e. The van der Waals surface area contributed by atoms with E-state index >= 15 is 0 Å². The minimum atomic E-state index is 0.896. The molecule has 6 aromatic carbocycles. The number of benzene rings is 6. The number of hydrogen-bond donors (Lipinski definition) is 0. The monoisotopic (exact) mass is 613 g/mol. The second-order valence-corrected chi connectivity index (χ2v) is 12.3. The Kier molecular flexibility index (Phi) is 5.84. The fraction of sp³-hybridized carbons (Fsp3) is 0. The fourth-order valence-corrected chi connectivity index (χ4v) is 7.06. The van der Waals surface area contributed by atoms with E-state index in [4.69, 9.17) is 14.4 Å². The second-order valence-electron chi connectivity index (χ2n) is 12.3. The number of furan rings is 1. The molecule has 0 aliphatic heterocycles. The molecule has 224 valence electrons. The van der Waals surface area contributed by atoms with E-state index in [1.54, 1.807) is 0 Å². The predicted octanol–water partition coefficient (Wildman–Crippen LogP) is 11.6. The number of para-hydroxylation sites is 2. The number of nitrogens with zero attached hydrogens (tertiary/aromatic N) is 3. The standard InChI is InChI=1S/C44H27N3O/c1-3-9-37-34(7-1)42-36(24-25-40-43(42)35-8-2-4-10-39(35)48-40)44(46-37)33-22-18-31(19-23-33)29-14-12-28(13-15-29)30-16-20-32(21-17-30)38-27-47-26-6-5-11-41(47)45-38/h1-27H. The van der Waals surface area contributed by atoms with Crippen LogP contribution < -0.4 is 0 Å². The number of fused-ring (bicyclic) bond motifs is 8. The number of rotatable bonds is 4. The van der Waals surface area contributed by atoms with Gasteiger partial charge in [0.15, 0.2) is 0 Å². The highest BCUT2D eigenvalue weighted by Gasteiger charge is 2.17. The van der Waals surface area contributed by atoms with Gasteiger partial charge in [-0.15, -0.1) is 0 Å². The molecule has 4 heterocycles. The summed E-state index contributed by atoms with van der Waals surface area (Å²) in [7, 11) is 0. The Hall–Kier alpha value is -6.52. The summed E-state index contributed by atoms with van der Waals surface area (Å²) in [4.78, 5) is 9.95. The number of pyridine rings is 2. The van der Waals surface area contributed by atoms with Gasteiger partial charge in [0.2, 0.25) is 0 Å². The molecular formula is C44H27N3O. The molecule has 10 aromatic rings. The van der Waals surface area contributed by atoms with Crippen LogP contribution in [0.15, 0.2) is 168 Å². The van der Waals surface area contributed by atoms with Crippen molar-refractivity contribution in [2.45, 2.75) is 0 Å². The van der Waals surface area contributed by atoms with Gasteiger partial charge in [0, 0.05) is 50.5 Å². The van der Waals surface area contributed by atoms with Gasteiger partial charge in [-0.05, 0) is 58.7 Å². The highest BCUT2D eigenvalue weighted by atomic mass is 16.3. The van der Waals surface area contributed by atoms with Crippen molar-refractivity contribution in [2.75, 3.05) is 0 Å². The molecule has 4 heteroatoms. The highest BCUT2D eigenvalue weighted by Crippen LogP contribution is 2.41. The maximum absolute atomic E-state index is 6.27. The van der Waals surface area contributed by atoms with Gasteiger partial charge >= 0.3 is 0 Å². The van der Waals surface area contributed by atoms with Gasteiger partial charge < -0.3 is 8.82 Å². The van der Waals surface area contributed by atoms with Gasteiger partial charge in [0.05, 0.1) is 16.9 Å². The molecule has 4 aromatic heterocycles. The van der Waals surface area contributed by atoms with Crippen molar-refractivity contribution in [3.8, 4) is 44.8 Å². The lowest BCUT2D eigenvalue weighted by atomic mass is 9.95. The van der Waals surface area contributed by atoms with Gasteiger partial charge in [-0.2, -0.15) is 0 Å². The minimum Gasteiger partial charge on any atom is -0.456 e. The maximum atomic E-state index is 6.27. The van der Waals surface area contributed by atoms with Crippen LogP contribution in [0.25, 0.3) is 94.0 Å². The lowest BCUT2D eigenvalue weighted by molar-refractivity contribution is 0.669. The van der Waals surface area contributed by atoms with E-state index in [2.05, 4.69) is 132 Å². The van der Waals surface area contributed by atoms with Gasteiger partial charge in [-0.1, -0.05) is 115 Å². The first-order valence-corrected chi connectivity index (χ1v) is 16.1. The van der Waals surface area contributed by atoms with E-state index in [1.807, 2.05) is 36.5 Å². The molecule has 0 N–H and O–H groups in total. The fourth-order valence-electron chi connectivity index (χ4n) is 7.06. The summed E-state index contributed by atoms with van der Waals surface area (Å²) in [5, 5.41) is 5.71. The third kappa shape index (κ3) is 4.24. The Morgan fingerprint density at radius 3 is 1.73 bits per heavy atom. The van der Waals surface area contributed by atoms with Gasteiger partial charge in [-0.3, -0.25) is 0 Å². The zero-order valence-electron chi connectivity index (χ0n) is 25.8. The maximum Gasteiger partial charge on any atom is 0.137 e. The van der Waals surface area contributed by atoms with Crippen molar-refractivity contribution < 1.29 is 4.42 Å². The molecule has 0 fully saturated rings. The van der Waals surface area contributed by atoms with E-state index in [0.29, 0.717) is 0 Å². The SMILES string of the molecule is c1ccc2c(c1)nc(-c1ccc(-c3ccc(-c4ccc(-c5cn6ccccc6n5)cc4)cc3)cc1)c1ccc3oc4ccccc4c3c12. The summed E-state index contributed by atoms with van der Waals surface area (Å²) in [6.07, 6.45) is 4.10. The van der Waals surface area contributed by atoms with Crippen LogP contribution in [-0.2, 0) is 0 Å². The first-order chi connectivity index (χ1) is 23.8. The van der Waals surface area contributed by atoms with Gasteiger partial charge in [0.1, 0.15) is 16.8 Å². The topological polar surface area (TPSA) is 43.3 Å². The quantitative estimate of drug-likeness (QED) is 0.186. The van der Waals surface area contributed by atoms with Crippen molar-refractivity contribution >= 4 is 49.3 Å². The third-order valence-electron chi connectivity index (χ3n) is 9.46. The van der Waals surface area contributed by atoms with Gasteiger partial charge in [0.25, 0.3) is 0 Å². The van der Waals surface area contributed by atoms with Crippen molar-refractivity contribution in [1.82, 2.24) is 14.4 Å². The van der Waals surface area contributed by atoms with Crippen LogP contribution in [0.4, 0.5) is 0 Å². The summed E-state index contributed by atoms with van der Waals surface area (Å²) < 4.78 is 8.32. The molecule has 0 aliphatic carbocycles. The Morgan fingerprint density at radius 2 is 1.02 bits per heavy atom. The lowest BCUT2D eigenvalue weighted by Gasteiger charge is -2.12. The summed E-state index contributed by atoms with van der Waals surface area (Å²) in [5.74, 6) is 0. The smallest absolute Gasteiger partial charge is 0.137 e. The second kappa shape index (κ2) is 10.5. The molecule has 0 bridgehead atoms. The van der Waals surface area contributed by atoms with E-state index in [1.165, 1.54) is 27.6 Å². The van der Waals surface area contributed by atoms with Crippen LogP contribution in [0.2, 0.25) is 0 Å². The van der Waals surface area contributed by atoms with Crippen LogP contribution in [0.1, 0.15) is 0 Å². The van der Waals surface area contributed by atoms with Crippen LogP contribution in [0.5, 0.6) is 0 Å². The summed E-state index contributed by atoms with van der Waals surface area (Å²) in [6, 6.07) is 53.2. The van der Waals surface area contributed by atoms with Crippen LogP contribution in [-0.4, -0.2) is 14.4 Å². The zero-order chi connectivity index (χ0) is 31.6. The normalized spacial score (nSPS) is 11.8. The summed E-state index contributed by atoms with van der Waals surface area (Å²) in [6.45, 7) is 0. The molecule has 0 saturated heterocycles. The van der Waals surface area contributed by atoms with Crippen molar-refractivity contribution in [2.24, 2.45) is 0 Å². The third-order valence-corrected chi connectivity index (χ3v) is 9.46. The van der Waals surface area contributed by atoms with Crippen LogP contribution in [0, 0.1) is 0 Å². The van der Waals surface area contributed by atoms with E-state index in [-0.39, 0.29) is 0 Å². The van der Waals surface area contributed by atoms with E-state index in [0.717, 1.165) is 66.4 Å². The minimum absolute atomic E-state index is 0.896. The Labute approximate surface area is 276 Å². The number of imidazole rings is 1. The Bertz CT molecular complexity index is 2770. The molecule has 4 nitrogen and oxygen atoms in total. The number of hydrogen-bond acceptors (Lipinski definition) is 3. The number of aromatic nitrogens is 3. The van der Waals surface area contributed by atoms with Crippen molar-refractivity contribution in [1.29, 1.82) is 0 Å². The molecule has 48 heavy (non-hydrogen) atoms. The first-order valence-electron chi connectivity index (χ1n) is 16.1. The Balaban J connectivity index is 0.985. The average molecular weight is 614 g/mol. The summed E-state index contributed by atoms with van der Waals surface area (Å²) in [5.41, 5.74) is 12.6. The molecule has 0 atom stereocenters. The van der Waals surface area contributed by atoms with Crippen molar-refractivity contribution in [3.63, 3.8) is 0 Å². The molecule has 0 aliphatic rings. The van der Waals surface area contributed by atoms with Crippen LogP contribution >= 0.6 is 0 Å². The summed E-state index contributed by atoms with van der Waals surface area (Å²) >= 11 is 0. The van der Waals surface area contributed by atoms with E-state index in [9.17, 15) is 0 Å². The molecule has 0 spiro atoms. The first kappa shape index (κ1) is 26.7. The van der Waals surface area contributed by atoms with E-state index < -0.39 is 0 Å². The molecule has 10 rings (SSSR count). The molecule has 0 saturated carbocycles. The van der Waals surface area contributed by atoms with Crippen LogP contribution in [0.3, 0.4) is 0 Å². The average Bonchev–Trinajstić information content (AvgIpc) is 3.77. The zero-order valence-corrected chi connectivity index (χ0v) is 25.8. The van der Waals surface area contributed by atoms with Gasteiger partial charge in [-0.25, -0.2) is 9.97 Å². The molecular weight excluding hydrogens is 587 g/mol. The molecule has 0 radical (unpaired) electrons. The highest BCUT2D eigenvalue weighted by molar-refractivity contribution is 6.28. The van der Waals surface area contributed by atoms with Crippen molar-refractivity contribution in [3.05, 3.63) is 164 Å². The lowest BCUT2D eigenvalue weighted by Crippen LogP contribution is -1.90.